The van der Waals surface area contributed by atoms with E-state index < -0.39 is 0 Å². The van der Waals surface area contributed by atoms with Crippen LogP contribution in [0.15, 0.2) is 48.5 Å². The first-order chi connectivity index (χ1) is 14.2. The molecule has 0 atom stereocenters. The zero-order valence-corrected chi connectivity index (χ0v) is 18.3. The minimum Gasteiger partial charge on any atom is -0.400 e. The van der Waals surface area contributed by atoms with Crippen molar-refractivity contribution in [2.45, 2.75) is 45.3 Å². The molecule has 0 N–H and O–H groups in total. The Morgan fingerprint density at radius 1 is 1.07 bits per heavy atom. The maximum atomic E-state index is 6.24. The van der Waals surface area contributed by atoms with Crippen molar-refractivity contribution in [2.24, 2.45) is 7.05 Å². The molecule has 1 saturated heterocycles. The van der Waals surface area contributed by atoms with Gasteiger partial charge in [0.2, 0.25) is 0 Å². The lowest BCUT2D eigenvalue weighted by Crippen LogP contribution is -2.41. The van der Waals surface area contributed by atoms with E-state index >= 15 is 0 Å². The van der Waals surface area contributed by atoms with Gasteiger partial charge in [0.05, 0.1) is 34.8 Å². The van der Waals surface area contributed by atoms with Crippen LogP contribution in [0.25, 0.3) is 16.6 Å². The van der Waals surface area contributed by atoms with Crippen LogP contribution in [0.3, 0.4) is 0 Å². The molecule has 0 amide bonds. The molecule has 0 spiro atoms. The monoisotopic (exact) mass is 405 g/mol. The van der Waals surface area contributed by atoms with Crippen LogP contribution in [0.2, 0.25) is 0 Å². The number of fused-ring (bicyclic) bond motifs is 1. The molecule has 0 radical (unpaired) electrons. The average Bonchev–Trinajstić information content (AvgIpc) is 3.38. The van der Waals surface area contributed by atoms with Crippen molar-refractivity contribution in [3.63, 3.8) is 0 Å². The Morgan fingerprint density at radius 2 is 1.83 bits per heavy atom. The van der Waals surface area contributed by atoms with E-state index in [-0.39, 0.29) is 18.3 Å². The molecule has 156 valence electrons. The third kappa shape index (κ3) is 3.06. The molecule has 3 aromatic rings. The fourth-order valence-corrected chi connectivity index (χ4v) is 4.16. The Kier molecular flexibility index (Phi) is 4.34. The van der Waals surface area contributed by atoms with Gasteiger partial charge >= 0.3 is 7.12 Å². The van der Waals surface area contributed by atoms with Gasteiger partial charge in [0, 0.05) is 43.7 Å². The number of rotatable bonds is 3. The summed E-state index contributed by atoms with van der Waals surface area (Å²) in [6.07, 6.45) is 11.1. The van der Waals surface area contributed by atoms with Crippen LogP contribution in [0.4, 0.5) is 5.69 Å². The Bertz CT molecular complexity index is 1110. The van der Waals surface area contributed by atoms with Crippen molar-refractivity contribution in [2.75, 3.05) is 18.0 Å². The second-order valence-electron chi connectivity index (χ2n) is 9.21. The highest BCUT2D eigenvalue weighted by molar-refractivity contribution is 6.54. The lowest BCUT2D eigenvalue weighted by molar-refractivity contribution is 0.00578. The van der Waals surface area contributed by atoms with Crippen LogP contribution in [-0.2, 0) is 16.4 Å². The number of aromatic nitrogens is 4. The first-order valence-electron chi connectivity index (χ1n) is 10.5. The zero-order chi connectivity index (χ0) is 21.1. The fraction of sp³-hybridized carbons (Fsp3) is 0.455. The maximum Gasteiger partial charge on any atom is 0.490 e. The predicted molar refractivity (Wildman–Crippen MR) is 118 cm³/mol. The smallest absolute Gasteiger partial charge is 0.400 e. The van der Waals surface area contributed by atoms with E-state index in [4.69, 9.17) is 9.31 Å². The topological polar surface area (TPSA) is 56.8 Å². The molecule has 5 rings (SSSR count). The quantitative estimate of drug-likeness (QED) is 0.625. The highest BCUT2D eigenvalue weighted by atomic mass is 16.7. The van der Waals surface area contributed by atoms with Crippen molar-refractivity contribution in [3.05, 3.63) is 48.5 Å². The minimum absolute atomic E-state index is 0.257. The second-order valence-corrected chi connectivity index (χ2v) is 9.21. The van der Waals surface area contributed by atoms with Crippen molar-refractivity contribution in [3.8, 4) is 11.1 Å². The molecule has 0 bridgehead atoms. The van der Waals surface area contributed by atoms with Gasteiger partial charge in [-0.05, 0) is 45.7 Å². The largest absolute Gasteiger partial charge is 0.490 e. The third-order valence-electron chi connectivity index (χ3n) is 6.68. The van der Waals surface area contributed by atoms with Crippen LogP contribution in [0.5, 0.6) is 0 Å². The van der Waals surface area contributed by atoms with Gasteiger partial charge in [-0.3, -0.25) is 4.68 Å². The summed E-state index contributed by atoms with van der Waals surface area (Å²) in [5.74, 6) is 0. The second kappa shape index (κ2) is 6.72. The lowest BCUT2D eigenvalue weighted by atomic mass is 9.74. The number of nitrogens with zero attached hydrogens (tertiary/aromatic N) is 5. The van der Waals surface area contributed by atoms with E-state index in [1.807, 2.05) is 47.1 Å². The van der Waals surface area contributed by atoms with Gasteiger partial charge < -0.3 is 14.2 Å². The first-order valence-corrected chi connectivity index (χ1v) is 10.5. The molecule has 0 aliphatic carbocycles. The molecule has 30 heavy (non-hydrogen) atoms. The van der Waals surface area contributed by atoms with Crippen molar-refractivity contribution in [1.82, 2.24) is 19.4 Å². The number of hydrogen-bond donors (Lipinski definition) is 0. The van der Waals surface area contributed by atoms with Gasteiger partial charge in [-0.1, -0.05) is 12.1 Å². The number of anilines is 1. The normalized spacial score (nSPS) is 20.8. The molecule has 2 aliphatic rings. The van der Waals surface area contributed by atoms with Gasteiger partial charge in [-0.25, -0.2) is 4.52 Å². The molecule has 1 fully saturated rings. The minimum atomic E-state index is -0.309. The van der Waals surface area contributed by atoms with Gasteiger partial charge in [-0.2, -0.15) is 10.2 Å². The molecule has 5 heterocycles. The molecule has 2 aliphatic heterocycles. The summed E-state index contributed by atoms with van der Waals surface area (Å²) in [5, 5.41) is 8.94. The van der Waals surface area contributed by atoms with Gasteiger partial charge in [0.25, 0.3) is 0 Å². The van der Waals surface area contributed by atoms with Gasteiger partial charge in [-0.15, -0.1) is 0 Å². The maximum absolute atomic E-state index is 6.24. The molecular formula is C22H28BN5O2. The Hall–Kier alpha value is -2.58. The molecule has 0 unspecified atom stereocenters. The highest BCUT2D eigenvalue weighted by Crippen LogP contribution is 2.40. The summed E-state index contributed by atoms with van der Waals surface area (Å²) in [7, 11) is 1.68. The number of hydrogen-bond acceptors (Lipinski definition) is 5. The number of pyridine rings is 1. The van der Waals surface area contributed by atoms with Crippen molar-refractivity contribution in [1.29, 1.82) is 0 Å². The SMILES string of the molecule is Cn1cc(-c2cccn3ncc(N4CC=C(B5OC(C)(C)C(C)(C)O5)CC4)c23)cn1. The number of aryl methyl sites for hydroxylation is 1. The summed E-state index contributed by atoms with van der Waals surface area (Å²) in [5.41, 5.74) is 5.09. The Balaban J connectivity index is 1.43. The van der Waals surface area contributed by atoms with E-state index in [9.17, 15) is 0 Å². The van der Waals surface area contributed by atoms with E-state index in [0.29, 0.717) is 0 Å². The van der Waals surface area contributed by atoms with Gasteiger partial charge in [0.1, 0.15) is 0 Å². The van der Waals surface area contributed by atoms with Crippen LogP contribution in [0, 0.1) is 0 Å². The average molecular weight is 405 g/mol. The molecular weight excluding hydrogens is 377 g/mol. The van der Waals surface area contributed by atoms with Crippen LogP contribution in [-0.4, -0.2) is 50.8 Å². The van der Waals surface area contributed by atoms with E-state index in [1.165, 1.54) is 5.47 Å². The summed E-state index contributed by atoms with van der Waals surface area (Å²) < 4.78 is 16.3. The highest BCUT2D eigenvalue weighted by Gasteiger charge is 2.52. The molecule has 3 aromatic heterocycles. The van der Waals surface area contributed by atoms with Crippen molar-refractivity contribution >= 4 is 18.3 Å². The van der Waals surface area contributed by atoms with Gasteiger partial charge in [0.15, 0.2) is 0 Å². The molecule has 8 heteroatoms. The molecule has 0 saturated carbocycles. The van der Waals surface area contributed by atoms with E-state index in [0.717, 1.165) is 41.8 Å². The predicted octanol–water partition coefficient (Wildman–Crippen LogP) is 3.50. The summed E-state index contributed by atoms with van der Waals surface area (Å²) >= 11 is 0. The van der Waals surface area contributed by atoms with Crippen LogP contribution >= 0.6 is 0 Å². The van der Waals surface area contributed by atoms with Crippen LogP contribution < -0.4 is 4.90 Å². The van der Waals surface area contributed by atoms with E-state index in [1.54, 1.807) is 0 Å². The summed E-state index contributed by atoms with van der Waals surface area (Å²) in [4.78, 5) is 2.37. The Labute approximate surface area is 177 Å². The zero-order valence-electron chi connectivity index (χ0n) is 18.3. The standard InChI is InChI=1S/C22H28BN5O2/c1-21(2)22(3,4)30-23(29-21)17-8-11-27(12-9-17)19-14-25-28-10-6-7-18(20(19)28)16-13-24-26(5)15-16/h6-8,10,13-15H,9,11-12H2,1-5H3. The summed E-state index contributed by atoms with van der Waals surface area (Å²) in [6, 6.07) is 4.16. The van der Waals surface area contributed by atoms with Crippen molar-refractivity contribution < 1.29 is 9.31 Å². The molecule has 7 nitrogen and oxygen atoms in total. The lowest BCUT2D eigenvalue weighted by Gasteiger charge is -2.32. The van der Waals surface area contributed by atoms with E-state index in [2.05, 4.69) is 54.9 Å². The fourth-order valence-electron chi connectivity index (χ4n) is 4.16. The summed E-state index contributed by atoms with van der Waals surface area (Å²) in [6.45, 7) is 10.1. The molecule has 0 aromatic carbocycles. The van der Waals surface area contributed by atoms with Crippen LogP contribution in [0.1, 0.15) is 34.1 Å². The first kappa shape index (κ1) is 19.4. The Morgan fingerprint density at radius 3 is 2.47 bits per heavy atom. The third-order valence-corrected chi connectivity index (χ3v) is 6.68.